The van der Waals surface area contributed by atoms with Crippen LogP contribution >= 0.6 is 27.7 Å². The Morgan fingerprint density at radius 1 is 1.42 bits per heavy atom. The average molecular weight is 351 g/mol. The Kier molecular flexibility index (Phi) is 4.50. The molecule has 0 radical (unpaired) electrons. The molecule has 0 aromatic heterocycles. The van der Waals surface area contributed by atoms with Gasteiger partial charge >= 0.3 is 5.97 Å². The number of halogens is 3. The van der Waals surface area contributed by atoms with Gasteiger partial charge in [0.1, 0.15) is 11.6 Å². The topological polar surface area (TPSA) is 26.3 Å². The van der Waals surface area contributed by atoms with Gasteiger partial charge in [0, 0.05) is 10.2 Å². The lowest BCUT2D eigenvalue weighted by molar-refractivity contribution is -0.141. The quantitative estimate of drug-likeness (QED) is 0.589. The molecule has 0 bridgehead atoms. The summed E-state index contributed by atoms with van der Waals surface area (Å²) in [5.74, 6) is -0.899. The van der Waals surface area contributed by atoms with E-state index >= 15 is 0 Å². The van der Waals surface area contributed by atoms with Crippen molar-refractivity contribution in [3.8, 4) is 0 Å². The predicted octanol–water partition coefficient (Wildman–Crippen LogP) is 4.16. The first-order valence-electron chi connectivity index (χ1n) is 5.80. The minimum atomic E-state index is -0.578. The van der Waals surface area contributed by atoms with Gasteiger partial charge < -0.3 is 4.74 Å². The normalized spacial score (nSPS) is 16.2. The largest absolute Gasteiger partial charge is 0.469 e. The van der Waals surface area contributed by atoms with Gasteiger partial charge in [0.05, 0.1) is 18.4 Å². The number of rotatable bonds is 5. The first-order chi connectivity index (χ1) is 8.96. The lowest BCUT2D eigenvalue weighted by Gasteiger charge is -2.13. The Hall–Kier alpha value is -0.620. The molecule has 19 heavy (non-hydrogen) atoms. The highest BCUT2D eigenvalue weighted by Gasteiger charge is 2.44. The van der Waals surface area contributed by atoms with Crippen molar-refractivity contribution in [1.82, 2.24) is 0 Å². The van der Waals surface area contributed by atoms with E-state index < -0.39 is 11.6 Å². The molecule has 1 saturated carbocycles. The maximum absolute atomic E-state index is 13.7. The van der Waals surface area contributed by atoms with E-state index in [0.29, 0.717) is 16.6 Å². The number of carbonyl (C=O) groups excluding carboxylic acids is 1. The van der Waals surface area contributed by atoms with Crippen molar-refractivity contribution in [2.45, 2.75) is 24.2 Å². The molecule has 0 spiro atoms. The Morgan fingerprint density at radius 3 is 2.47 bits per heavy atom. The zero-order chi connectivity index (χ0) is 14.0. The summed E-state index contributed by atoms with van der Waals surface area (Å²) in [6, 6.07) is 2.48. The van der Waals surface area contributed by atoms with Crippen LogP contribution in [0, 0.1) is 17.0 Å². The van der Waals surface area contributed by atoms with Gasteiger partial charge in [-0.3, -0.25) is 4.79 Å². The molecule has 1 fully saturated rings. The third-order valence-corrected chi connectivity index (χ3v) is 5.08. The van der Waals surface area contributed by atoms with Gasteiger partial charge in [0.2, 0.25) is 0 Å². The highest BCUT2D eigenvalue weighted by Crippen LogP contribution is 2.52. The summed E-state index contributed by atoms with van der Waals surface area (Å²) >= 11 is 4.17. The van der Waals surface area contributed by atoms with E-state index in [-0.39, 0.29) is 16.3 Å². The second-order valence-electron chi connectivity index (χ2n) is 4.74. The zero-order valence-electron chi connectivity index (χ0n) is 10.3. The van der Waals surface area contributed by atoms with Crippen LogP contribution < -0.4 is 0 Å². The van der Waals surface area contributed by atoms with Crippen LogP contribution in [-0.2, 0) is 9.53 Å². The molecular formula is C13H13BrF2O2S. The Balaban J connectivity index is 2.01. The van der Waals surface area contributed by atoms with Crippen LogP contribution in [0.15, 0.2) is 21.5 Å². The number of methoxy groups -OCH3 is 1. The van der Waals surface area contributed by atoms with Crippen molar-refractivity contribution >= 4 is 33.7 Å². The summed E-state index contributed by atoms with van der Waals surface area (Å²) in [6.45, 7) is 0. The van der Waals surface area contributed by atoms with Gasteiger partial charge in [-0.15, -0.1) is 11.8 Å². The molecule has 2 rings (SSSR count). The molecule has 0 amide bonds. The lowest BCUT2D eigenvalue weighted by atomic mass is 10.1. The fourth-order valence-electron chi connectivity index (χ4n) is 1.82. The number of hydrogen-bond donors (Lipinski definition) is 0. The zero-order valence-corrected chi connectivity index (χ0v) is 12.7. The van der Waals surface area contributed by atoms with Crippen LogP contribution in [0.3, 0.4) is 0 Å². The van der Waals surface area contributed by atoms with E-state index in [0.717, 1.165) is 24.6 Å². The van der Waals surface area contributed by atoms with Crippen LogP contribution in [0.4, 0.5) is 8.78 Å². The third-order valence-electron chi connectivity index (χ3n) is 3.19. The molecule has 0 N–H and O–H groups in total. The van der Waals surface area contributed by atoms with E-state index in [2.05, 4.69) is 20.7 Å². The molecule has 0 heterocycles. The molecule has 0 aliphatic heterocycles. The van der Waals surface area contributed by atoms with Crippen LogP contribution in [0.25, 0.3) is 0 Å². The molecule has 0 unspecified atom stereocenters. The van der Waals surface area contributed by atoms with Crippen LogP contribution in [-0.4, -0.2) is 18.8 Å². The van der Waals surface area contributed by atoms with Crippen LogP contribution in [0.5, 0.6) is 0 Å². The Labute approximate surface area is 123 Å². The summed E-state index contributed by atoms with van der Waals surface area (Å²) in [6.07, 6.45) is 2.11. The molecule has 1 aromatic carbocycles. The molecule has 1 aliphatic rings. The summed E-state index contributed by atoms with van der Waals surface area (Å²) < 4.78 is 32.3. The summed E-state index contributed by atoms with van der Waals surface area (Å²) in [5, 5.41) is 0. The third kappa shape index (κ3) is 3.69. The highest BCUT2D eigenvalue weighted by atomic mass is 79.9. The maximum Gasteiger partial charge on any atom is 0.306 e. The van der Waals surface area contributed by atoms with Crippen molar-refractivity contribution in [3.05, 3.63) is 28.2 Å². The smallest absolute Gasteiger partial charge is 0.306 e. The van der Waals surface area contributed by atoms with Crippen molar-refractivity contribution in [2.24, 2.45) is 5.41 Å². The van der Waals surface area contributed by atoms with Crippen molar-refractivity contribution in [2.75, 3.05) is 12.9 Å². The fraction of sp³-hybridized carbons (Fsp3) is 0.462. The lowest BCUT2D eigenvalue weighted by Crippen LogP contribution is -2.13. The van der Waals surface area contributed by atoms with Crippen LogP contribution in [0.1, 0.15) is 19.3 Å². The average Bonchev–Trinajstić information content (AvgIpc) is 3.07. The van der Waals surface area contributed by atoms with Gasteiger partial charge in [-0.1, -0.05) is 15.9 Å². The Morgan fingerprint density at radius 2 is 2.00 bits per heavy atom. The van der Waals surface area contributed by atoms with E-state index in [1.807, 2.05) is 0 Å². The van der Waals surface area contributed by atoms with Gasteiger partial charge in [0.15, 0.2) is 0 Å². The SMILES string of the molecule is COC(=O)CC1(CSc2c(F)cc(Br)cc2F)CC1. The summed E-state index contributed by atoms with van der Waals surface area (Å²) in [7, 11) is 1.35. The summed E-state index contributed by atoms with van der Waals surface area (Å²) in [5.41, 5.74) is -0.149. The van der Waals surface area contributed by atoms with E-state index in [4.69, 9.17) is 0 Å². The summed E-state index contributed by atoms with van der Waals surface area (Å²) in [4.78, 5) is 11.3. The second kappa shape index (κ2) is 5.79. The fourth-order valence-corrected chi connectivity index (χ4v) is 3.46. The molecule has 6 heteroatoms. The van der Waals surface area contributed by atoms with Crippen molar-refractivity contribution in [1.29, 1.82) is 0 Å². The molecule has 104 valence electrons. The second-order valence-corrected chi connectivity index (χ2v) is 6.64. The Bertz CT molecular complexity index is 480. The monoisotopic (exact) mass is 350 g/mol. The standard InChI is InChI=1S/C13H13BrF2O2S/c1-18-11(17)6-13(2-3-13)7-19-12-9(15)4-8(14)5-10(12)16/h4-5H,2-3,6-7H2,1H3. The number of esters is 1. The molecule has 2 nitrogen and oxygen atoms in total. The number of carbonyl (C=O) groups is 1. The van der Waals surface area contributed by atoms with Gasteiger partial charge in [-0.2, -0.15) is 0 Å². The van der Waals surface area contributed by atoms with Crippen LogP contribution in [0.2, 0.25) is 0 Å². The maximum atomic E-state index is 13.7. The van der Waals surface area contributed by atoms with Gasteiger partial charge in [-0.05, 0) is 30.4 Å². The van der Waals surface area contributed by atoms with Crippen molar-refractivity contribution < 1.29 is 18.3 Å². The first-order valence-corrected chi connectivity index (χ1v) is 7.58. The molecule has 0 saturated heterocycles. The van der Waals surface area contributed by atoms with Crippen molar-refractivity contribution in [3.63, 3.8) is 0 Å². The molecular weight excluding hydrogens is 338 g/mol. The number of hydrogen-bond acceptors (Lipinski definition) is 3. The predicted molar refractivity (Wildman–Crippen MR) is 73.1 cm³/mol. The molecule has 1 aliphatic carbocycles. The van der Waals surface area contributed by atoms with Gasteiger partial charge in [-0.25, -0.2) is 8.78 Å². The number of thioether (sulfide) groups is 1. The highest BCUT2D eigenvalue weighted by molar-refractivity contribution is 9.10. The van der Waals surface area contributed by atoms with E-state index in [1.165, 1.54) is 19.2 Å². The number of ether oxygens (including phenoxy) is 1. The first kappa shape index (κ1) is 14.8. The minimum absolute atomic E-state index is 0.0133. The molecule has 1 aromatic rings. The van der Waals surface area contributed by atoms with E-state index in [9.17, 15) is 13.6 Å². The van der Waals surface area contributed by atoms with E-state index in [1.54, 1.807) is 0 Å². The van der Waals surface area contributed by atoms with Gasteiger partial charge in [0.25, 0.3) is 0 Å². The number of benzene rings is 1. The minimum Gasteiger partial charge on any atom is -0.469 e. The molecule has 0 atom stereocenters.